The Bertz CT molecular complexity index is 222. The van der Waals surface area contributed by atoms with Crippen LogP contribution >= 0.6 is 0 Å². The second-order valence-electron chi connectivity index (χ2n) is 5.53. The summed E-state index contributed by atoms with van der Waals surface area (Å²) in [6, 6.07) is 0. The van der Waals surface area contributed by atoms with E-state index in [0.29, 0.717) is 0 Å². The molecule has 0 radical (unpaired) electrons. The molecule has 0 amide bonds. The molecule has 4 heteroatoms. The Balaban J connectivity index is 2.66. The van der Waals surface area contributed by atoms with E-state index in [9.17, 15) is 4.79 Å². The van der Waals surface area contributed by atoms with E-state index in [2.05, 4.69) is 33.0 Å². The Kier molecular flexibility index (Phi) is 2.95. The van der Waals surface area contributed by atoms with Gasteiger partial charge in [0.2, 0.25) is 13.7 Å². The summed E-state index contributed by atoms with van der Waals surface area (Å²) < 4.78 is 5.28. The molecule has 1 saturated heterocycles. The van der Waals surface area contributed by atoms with Crippen LogP contribution in [-0.4, -0.2) is 30.9 Å². The number of carbonyl (C=O) groups excluding carboxylic acids is 1. The molecule has 3 nitrogen and oxygen atoms in total. The summed E-state index contributed by atoms with van der Waals surface area (Å²) in [4.78, 5) is 10.9. The predicted molar refractivity (Wildman–Crippen MR) is 59.3 cm³/mol. The van der Waals surface area contributed by atoms with Gasteiger partial charge in [0.25, 0.3) is 0 Å². The zero-order valence-electron chi connectivity index (χ0n) is 9.81. The molecule has 0 saturated carbocycles. The third-order valence-corrected chi connectivity index (χ3v) is 2.49. The van der Waals surface area contributed by atoms with E-state index >= 15 is 0 Å². The van der Waals surface area contributed by atoms with Gasteiger partial charge in [-0.05, 0) is 27.7 Å². The molecular weight excluding hydrogens is 177 g/mol. The highest BCUT2D eigenvalue weighted by Crippen LogP contribution is 2.30. The van der Waals surface area contributed by atoms with Gasteiger partial charge < -0.3 is 10.1 Å². The molecule has 0 aliphatic carbocycles. The third kappa shape index (κ3) is 3.33. The van der Waals surface area contributed by atoms with Crippen LogP contribution in [0, 0.1) is 0 Å². The maximum Gasteiger partial charge on any atom is 0.243 e. The SMILES string of the molecule is BC(=O)OC1CC(C)(C)NC(C)(C)C1. The molecule has 0 aromatic rings. The van der Waals surface area contributed by atoms with Crippen molar-refractivity contribution in [3.63, 3.8) is 0 Å². The molecule has 1 rings (SSSR count). The average molecular weight is 197 g/mol. The van der Waals surface area contributed by atoms with Crippen molar-refractivity contribution in [2.45, 2.75) is 57.7 Å². The smallest absolute Gasteiger partial charge is 0.243 e. The van der Waals surface area contributed by atoms with Crippen molar-refractivity contribution in [3.8, 4) is 0 Å². The highest BCUT2D eigenvalue weighted by Gasteiger charge is 2.38. The molecular formula is C10H20BNO2. The van der Waals surface area contributed by atoms with Gasteiger partial charge in [0.1, 0.15) is 6.10 Å². The lowest BCUT2D eigenvalue weighted by Gasteiger charge is -2.45. The lowest BCUT2D eigenvalue weighted by molar-refractivity contribution is 0.0304. The molecule has 0 unspecified atom stereocenters. The Morgan fingerprint density at radius 2 is 1.71 bits per heavy atom. The fourth-order valence-corrected chi connectivity index (χ4v) is 2.55. The van der Waals surface area contributed by atoms with Crippen molar-refractivity contribution in [2.75, 3.05) is 0 Å². The number of ether oxygens (including phenoxy) is 1. The van der Waals surface area contributed by atoms with E-state index in [1.807, 2.05) is 0 Å². The van der Waals surface area contributed by atoms with Crippen molar-refractivity contribution in [1.82, 2.24) is 5.32 Å². The van der Waals surface area contributed by atoms with Crippen molar-refractivity contribution in [1.29, 1.82) is 0 Å². The standard InChI is InChI=1S/C10H20BNO2/c1-9(2)5-7(14-8(11)13)6-10(3,4)12-9/h7,12H,5-6,11H2,1-4H3. The molecule has 1 aliphatic heterocycles. The summed E-state index contributed by atoms with van der Waals surface area (Å²) in [6.45, 7) is 8.57. The zero-order chi connectivity index (χ0) is 11.0. The molecule has 14 heavy (non-hydrogen) atoms. The van der Waals surface area contributed by atoms with E-state index < -0.39 is 0 Å². The zero-order valence-corrected chi connectivity index (χ0v) is 9.81. The Hall–Kier alpha value is -0.505. The van der Waals surface area contributed by atoms with Crippen LogP contribution in [0.1, 0.15) is 40.5 Å². The maximum absolute atomic E-state index is 10.9. The van der Waals surface area contributed by atoms with Gasteiger partial charge in [0.05, 0.1) is 0 Å². The number of hydrogen-bond donors (Lipinski definition) is 1. The number of nitrogens with one attached hydrogen (secondary N) is 1. The van der Waals surface area contributed by atoms with Gasteiger partial charge in [-0.1, -0.05) is 0 Å². The molecule has 1 heterocycles. The average Bonchev–Trinajstić information content (AvgIpc) is 1.74. The first-order valence-corrected chi connectivity index (χ1v) is 5.17. The summed E-state index contributed by atoms with van der Waals surface area (Å²) in [5.41, 5.74) is 0.0870. The topological polar surface area (TPSA) is 38.3 Å². The van der Waals surface area contributed by atoms with Crippen LogP contribution in [0.25, 0.3) is 0 Å². The minimum absolute atomic E-state index is 0.0435. The first kappa shape index (κ1) is 11.6. The van der Waals surface area contributed by atoms with Crippen LogP contribution < -0.4 is 5.32 Å². The quantitative estimate of drug-likeness (QED) is 0.639. The lowest BCUT2D eigenvalue weighted by atomic mass is 9.81. The van der Waals surface area contributed by atoms with Gasteiger partial charge in [0.15, 0.2) is 0 Å². The number of hydrogen-bond acceptors (Lipinski definition) is 3. The highest BCUT2D eigenvalue weighted by molar-refractivity contribution is 6.55. The first-order valence-electron chi connectivity index (χ1n) is 5.17. The summed E-state index contributed by atoms with van der Waals surface area (Å²) >= 11 is 0. The Labute approximate surface area is 87.0 Å². The van der Waals surface area contributed by atoms with Crippen LogP contribution in [0.4, 0.5) is 4.79 Å². The Morgan fingerprint density at radius 1 is 1.29 bits per heavy atom. The molecule has 0 bridgehead atoms. The summed E-state index contributed by atoms with van der Waals surface area (Å²) in [6.07, 6.45) is 1.82. The first-order chi connectivity index (χ1) is 6.20. The number of rotatable bonds is 1. The van der Waals surface area contributed by atoms with Gasteiger partial charge in [-0.25, -0.2) is 0 Å². The van der Waals surface area contributed by atoms with Crippen LogP contribution in [-0.2, 0) is 4.74 Å². The van der Waals surface area contributed by atoms with Crippen molar-refractivity contribution in [2.24, 2.45) is 0 Å². The van der Waals surface area contributed by atoms with Crippen LogP contribution in [0.15, 0.2) is 0 Å². The second-order valence-corrected chi connectivity index (χ2v) is 5.53. The third-order valence-electron chi connectivity index (χ3n) is 2.49. The fraction of sp³-hybridized carbons (Fsp3) is 0.900. The molecule has 0 aromatic carbocycles. The van der Waals surface area contributed by atoms with E-state index in [0.717, 1.165) is 12.8 Å². The van der Waals surface area contributed by atoms with Gasteiger partial charge in [-0.2, -0.15) is 0 Å². The Morgan fingerprint density at radius 3 is 2.07 bits per heavy atom. The minimum Gasteiger partial charge on any atom is -0.471 e. The fourth-order valence-electron chi connectivity index (χ4n) is 2.55. The maximum atomic E-state index is 10.9. The molecule has 0 aromatic heterocycles. The summed E-state index contributed by atoms with van der Waals surface area (Å²) in [5.74, 6) is -0.177. The molecule has 1 aliphatic rings. The van der Waals surface area contributed by atoms with Crippen LogP contribution in [0.3, 0.4) is 0 Å². The van der Waals surface area contributed by atoms with E-state index in [4.69, 9.17) is 4.74 Å². The minimum atomic E-state index is -0.177. The predicted octanol–water partition coefficient (Wildman–Crippen LogP) is 1.07. The summed E-state index contributed by atoms with van der Waals surface area (Å²) in [7, 11) is 1.47. The molecule has 0 spiro atoms. The van der Waals surface area contributed by atoms with Crippen LogP contribution in [0.5, 0.6) is 0 Å². The van der Waals surface area contributed by atoms with Gasteiger partial charge >= 0.3 is 0 Å². The van der Waals surface area contributed by atoms with E-state index in [1.54, 1.807) is 0 Å². The van der Waals surface area contributed by atoms with Crippen molar-refractivity contribution in [3.05, 3.63) is 0 Å². The lowest BCUT2D eigenvalue weighted by Crippen LogP contribution is -2.59. The van der Waals surface area contributed by atoms with Crippen molar-refractivity contribution >= 4 is 13.7 Å². The molecule has 1 fully saturated rings. The molecule has 80 valence electrons. The monoisotopic (exact) mass is 197 g/mol. The largest absolute Gasteiger partial charge is 0.471 e. The van der Waals surface area contributed by atoms with Gasteiger partial charge in [-0.3, -0.25) is 4.79 Å². The van der Waals surface area contributed by atoms with Gasteiger partial charge in [-0.15, -0.1) is 0 Å². The van der Waals surface area contributed by atoms with Crippen LogP contribution in [0.2, 0.25) is 0 Å². The summed E-state index contributed by atoms with van der Waals surface area (Å²) in [5, 5.41) is 3.54. The van der Waals surface area contributed by atoms with Crippen molar-refractivity contribution < 1.29 is 9.53 Å². The highest BCUT2D eigenvalue weighted by atomic mass is 16.5. The molecule has 0 atom stereocenters. The molecule has 1 N–H and O–H groups in total. The van der Waals surface area contributed by atoms with Gasteiger partial charge in [0, 0.05) is 23.9 Å². The second kappa shape index (κ2) is 3.57. The van der Waals surface area contributed by atoms with E-state index in [1.165, 1.54) is 7.85 Å². The number of carbonyl (C=O) groups is 1. The number of piperidine rings is 1. The van der Waals surface area contributed by atoms with E-state index in [-0.39, 0.29) is 23.1 Å². The normalized spacial score (nSPS) is 25.7.